The lowest BCUT2D eigenvalue weighted by Crippen LogP contribution is -2.63. The van der Waals surface area contributed by atoms with Gasteiger partial charge >= 0.3 is 5.97 Å². The van der Waals surface area contributed by atoms with Crippen molar-refractivity contribution in [2.75, 3.05) is 25.5 Å². The number of aliphatic hydroxyl groups is 3. The van der Waals surface area contributed by atoms with Gasteiger partial charge in [-0.05, 0) is 37.5 Å². The zero-order valence-corrected chi connectivity index (χ0v) is 36.2. The molecule has 0 heterocycles. The van der Waals surface area contributed by atoms with Gasteiger partial charge in [-0.3, -0.25) is 47.9 Å². The van der Waals surface area contributed by atoms with Crippen molar-refractivity contribution in [3.63, 3.8) is 0 Å². The highest BCUT2D eigenvalue weighted by Gasteiger charge is 2.36. The minimum Gasteiger partial charge on any atom is -0.480 e. The fourth-order valence-corrected chi connectivity index (χ4v) is 5.62. The van der Waals surface area contributed by atoms with Gasteiger partial charge in [0.15, 0.2) is 0 Å². The Labute approximate surface area is 359 Å². The Morgan fingerprint density at radius 2 is 0.951 bits per heavy atom. The molecule has 9 amide bonds. The highest BCUT2D eigenvalue weighted by molar-refractivity contribution is 7.80. The Bertz CT molecular complexity index is 1550. The van der Waals surface area contributed by atoms with E-state index in [-0.39, 0.29) is 30.4 Å². The summed E-state index contributed by atoms with van der Waals surface area (Å²) in [6.45, 7) is 8.69. The molecule has 24 nitrogen and oxygen atoms in total. The highest BCUT2D eigenvalue weighted by atomic mass is 32.1. The summed E-state index contributed by atoms with van der Waals surface area (Å²) < 4.78 is 0. The number of hydrogen-bond acceptors (Lipinski definition) is 15. The monoisotopic (exact) mass is 892 g/mol. The van der Waals surface area contributed by atoms with Crippen molar-refractivity contribution in [2.24, 2.45) is 29.2 Å². The number of carboxylic acid groups (broad SMARTS) is 1. The number of carbonyl (C=O) groups excluding carboxylic acids is 9. The van der Waals surface area contributed by atoms with E-state index in [1.54, 1.807) is 41.5 Å². The van der Waals surface area contributed by atoms with Crippen LogP contribution >= 0.6 is 12.6 Å². The molecule has 0 rings (SSSR count). The van der Waals surface area contributed by atoms with Gasteiger partial charge in [-0.2, -0.15) is 12.6 Å². The number of nitrogens with one attached hydrogen (secondary N) is 8. The van der Waals surface area contributed by atoms with Gasteiger partial charge in [0.25, 0.3) is 0 Å². The number of primary amides is 1. The number of carbonyl (C=O) groups is 10. The highest BCUT2D eigenvalue weighted by Crippen LogP contribution is 2.10. The lowest BCUT2D eigenvalue weighted by atomic mass is 9.99. The van der Waals surface area contributed by atoms with Gasteiger partial charge in [-0.1, -0.05) is 41.5 Å². The van der Waals surface area contributed by atoms with Crippen LogP contribution < -0.4 is 54.0 Å². The van der Waals surface area contributed by atoms with Gasteiger partial charge in [-0.25, -0.2) is 0 Å². The molecule has 0 aliphatic carbocycles. The van der Waals surface area contributed by atoms with Crippen molar-refractivity contribution in [1.82, 2.24) is 42.5 Å². The van der Waals surface area contributed by atoms with Crippen molar-refractivity contribution >= 4 is 71.8 Å². The maximum Gasteiger partial charge on any atom is 0.322 e. The van der Waals surface area contributed by atoms with Crippen molar-refractivity contribution in [1.29, 1.82) is 0 Å². The van der Waals surface area contributed by atoms with E-state index >= 15 is 0 Å². The third kappa shape index (κ3) is 20.8. The lowest BCUT2D eigenvalue weighted by molar-refractivity contribution is -0.139. The molecule has 0 aliphatic heterocycles. The van der Waals surface area contributed by atoms with Crippen LogP contribution in [0, 0.1) is 17.8 Å². The fraction of sp³-hybridized carbons (Fsp3) is 0.722. The summed E-state index contributed by atoms with van der Waals surface area (Å²) in [5, 5.41) is 57.1. The van der Waals surface area contributed by atoms with Crippen LogP contribution in [-0.4, -0.2) is 160 Å². The van der Waals surface area contributed by atoms with Crippen LogP contribution in [0.15, 0.2) is 0 Å². The average molecular weight is 893 g/mol. The first-order valence-electron chi connectivity index (χ1n) is 19.5. The summed E-state index contributed by atoms with van der Waals surface area (Å²) in [5.74, 6) is -11.4. The molecule has 0 aromatic carbocycles. The normalized spacial score (nSPS) is 15.7. The first-order chi connectivity index (χ1) is 28.3. The van der Waals surface area contributed by atoms with E-state index in [4.69, 9.17) is 21.7 Å². The summed E-state index contributed by atoms with van der Waals surface area (Å²) in [6, 6.07) is -11.9. The summed E-state index contributed by atoms with van der Waals surface area (Å²) in [7, 11) is 0. The standard InChI is InChI=1S/C36H64N10O14S/c1-15(2)8-20(30(54)39-11-26(51)52)42-35(59)27(17(5)6)45-34(58)24(14-61)44-36(60)28(18(7)49)46-33(57)23(13-48)43-31(55)21(9-16(3)4)41-32(56)22(10-25(38)50)40-29(53)19(37)12-47/h15-24,27-28,47-49,61H,8-14,37H2,1-7H3,(H2,38,50)(H,39,54)(H,40,53)(H,41,56)(H,42,59)(H,43,55)(H,44,60)(H,45,58)(H,46,57)(H,51,52)/t18-,19+,20+,21+,22+,23+,24+,27+,28+/m1/s1. The zero-order valence-electron chi connectivity index (χ0n) is 35.4. The van der Waals surface area contributed by atoms with Crippen LogP contribution in [-0.2, 0) is 47.9 Å². The van der Waals surface area contributed by atoms with Crippen molar-refractivity contribution < 1.29 is 68.4 Å². The molecule has 16 N–H and O–H groups in total. The molecule has 0 radical (unpaired) electrons. The quantitative estimate of drug-likeness (QED) is 0.0325. The molecule has 0 unspecified atom stereocenters. The van der Waals surface area contributed by atoms with Gasteiger partial charge in [0.1, 0.15) is 54.9 Å². The first kappa shape index (κ1) is 55.9. The lowest BCUT2D eigenvalue weighted by Gasteiger charge is -2.29. The number of rotatable bonds is 28. The van der Waals surface area contributed by atoms with Crippen LogP contribution in [0.5, 0.6) is 0 Å². The molecule has 0 aliphatic rings. The number of carboxylic acids is 1. The summed E-state index contributed by atoms with van der Waals surface area (Å²) in [4.78, 5) is 127. The number of aliphatic hydroxyl groups excluding tert-OH is 3. The molecule has 0 saturated heterocycles. The van der Waals surface area contributed by atoms with Gasteiger partial charge in [0, 0.05) is 5.75 Å². The zero-order chi connectivity index (χ0) is 47.3. The summed E-state index contributed by atoms with van der Waals surface area (Å²) in [6.07, 6.45) is -2.27. The predicted octanol–water partition coefficient (Wildman–Crippen LogP) is -6.17. The Morgan fingerprint density at radius 1 is 0.541 bits per heavy atom. The van der Waals surface area contributed by atoms with Crippen molar-refractivity contribution in [3.8, 4) is 0 Å². The second-order valence-electron chi connectivity index (χ2n) is 15.5. The predicted molar refractivity (Wildman–Crippen MR) is 219 cm³/mol. The molecule has 9 atom stereocenters. The SMILES string of the molecule is CC(C)C[C@H](NC(=O)[C@H](CC(N)=O)NC(=O)[C@@H](N)CO)C(=O)N[C@@H](CO)C(=O)N[C@H](C(=O)N[C@@H](CS)C(=O)N[C@H](C(=O)N[C@@H](CC(C)C)C(=O)NCC(=O)O)C(C)C)[C@@H](C)O. The Morgan fingerprint density at radius 3 is 1.39 bits per heavy atom. The minimum atomic E-state index is -1.80. The second-order valence-corrected chi connectivity index (χ2v) is 15.8. The third-order valence-corrected chi connectivity index (χ3v) is 8.97. The molecular formula is C36H64N10O14S. The maximum absolute atomic E-state index is 13.4. The Kier molecular flexibility index (Phi) is 25.4. The smallest absolute Gasteiger partial charge is 0.322 e. The van der Waals surface area contributed by atoms with E-state index in [0.717, 1.165) is 6.92 Å². The number of hydrogen-bond donors (Lipinski definition) is 15. The van der Waals surface area contributed by atoms with Gasteiger partial charge < -0.3 is 74.4 Å². The van der Waals surface area contributed by atoms with E-state index in [1.165, 1.54) is 0 Å². The third-order valence-electron chi connectivity index (χ3n) is 8.61. The van der Waals surface area contributed by atoms with Gasteiger partial charge in [0.2, 0.25) is 53.2 Å². The number of thiol groups is 1. The van der Waals surface area contributed by atoms with E-state index in [0.29, 0.717) is 0 Å². The van der Waals surface area contributed by atoms with Crippen molar-refractivity contribution in [3.05, 3.63) is 0 Å². The molecule has 0 bridgehead atoms. The minimum absolute atomic E-state index is 0.0589. The van der Waals surface area contributed by atoms with Crippen LogP contribution in [0.25, 0.3) is 0 Å². The largest absolute Gasteiger partial charge is 0.480 e. The van der Waals surface area contributed by atoms with E-state index in [1.807, 2.05) is 0 Å². The summed E-state index contributed by atoms with van der Waals surface area (Å²) in [5.41, 5.74) is 10.7. The topological polar surface area (TPSA) is 400 Å². The number of aliphatic carboxylic acids is 1. The number of amides is 9. The van der Waals surface area contributed by atoms with E-state index in [9.17, 15) is 58.2 Å². The van der Waals surface area contributed by atoms with Crippen molar-refractivity contribution in [2.45, 2.75) is 122 Å². The van der Waals surface area contributed by atoms with Gasteiger partial charge in [0.05, 0.1) is 25.7 Å². The summed E-state index contributed by atoms with van der Waals surface area (Å²) >= 11 is 4.12. The molecular weight excluding hydrogens is 829 g/mol. The molecule has 0 saturated carbocycles. The molecule has 0 aromatic rings. The molecule has 348 valence electrons. The van der Waals surface area contributed by atoms with Crippen LogP contribution in [0.2, 0.25) is 0 Å². The average Bonchev–Trinajstić information content (AvgIpc) is 3.16. The van der Waals surface area contributed by atoms with Crippen LogP contribution in [0.1, 0.15) is 67.7 Å². The molecule has 61 heavy (non-hydrogen) atoms. The molecule has 0 fully saturated rings. The second kappa shape index (κ2) is 27.7. The maximum atomic E-state index is 13.4. The Hall–Kier alpha value is -5.11. The van der Waals surface area contributed by atoms with E-state index < -0.39 is 146 Å². The molecule has 25 heteroatoms. The molecule has 0 aromatic heterocycles. The van der Waals surface area contributed by atoms with E-state index in [2.05, 4.69) is 55.2 Å². The van der Waals surface area contributed by atoms with Gasteiger partial charge in [-0.15, -0.1) is 0 Å². The number of nitrogens with two attached hydrogens (primary N) is 2. The Balaban J connectivity index is 6.04. The first-order valence-corrected chi connectivity index (χ1v) is 20.1. The molecule has 0 spiro atoms. The fourth-order valence-electron chi connectivity index (χ4n) is 5.37. The van der Waals surface area contributed by atoms with Crippen LogP contribution in [0.3, 0.4) is 0 Å². The van der Waals surface area contributed by atoms with Crippen LogP contribution in [0.4, 0.5) is 0 Å².